The summed E-state index contributed by atoms with van der Waals surface area (Å²) in [6.07, 6.45) is 3.03. The first-order valence-electron chi connectivity index (χ1n) is 15.2. The molecule has 0 bridgehead atoms. The fourth-order valence-corrected chi connectivity index (χ4v) is 6.27. The Balaban J connectivity index is 1.50. The van der Waals surface area contributed by atoms with E-state index in [1.54, 1.807) is 20.2 Å². The first kappa shape index (κ1) is 30.3. The maximum atomic E-state index is 12.8. The van der Waals surface area contributed by atoms with E-state index in [0.29, 0.717) is 41.8 Å². The van der Waals surface area contributed by atoms with Gasteiger partial charge in [-0.25, -0.2) is 14.8 Å². The van der Waals surface area contributed by atoms with Crippen molar-refractivity contribution in [2.75, 3.05) is 30.9 Å². The molecule has 10 heteroatoms. The Kier molecular flexibility index (Phi) is 8.09. The third-order valence-corrected chi connectivity index (χ3v) is 8.24. The first-order chi connectivity index (χ1) is 21.5. The summed E-state index contributed by atoms with van der Waals surface area (Å²) in [5.74, 6) is 0.920. The van der Waals surface area contributed by atoms with E-state index < -0.39 is 17.7 Å². The van der Waals surface area contributed by atoms with E-state index in [0.717, 1.165) is 59.6 Å². The van der Waals surface area contributed by atoms with Gasteiger partial charge in [0.15, 0.2) is 6.10 Å². The van der Waals surface area contributed by atoms with Crippen LogP contribution in [0.25, 0.3) is 22.3 Å². The van der Waals surface area contributed by atoms with Gasteiger partial charge >= 0.3 is 12.0 Å². The number of benzene rings is 2. The van der Waals surface area contributed by atoms with Gasteiger partial charge in [-0.3, -0.25) is 0 Å². The minimum atomic E-state index is -1.25. The van der Waals surface area contributed by atoms with Crippen molar-refractivity contribution in [2.24, 2.45) is 0 Å². The molecule has 0 spiro atoms. The monoisotopic (exact) mass is 609 g/mol. The first-order valence-corrected chi connectivity index (χ1v) is 15.2. The molecule has 2 aromatic carbocycles. The molecule has 0 unspecified atom stereocenters. The lowest BCUT2D eigenvalue weighted by Crippen LogP contribution is -2.31. The van der Waals surface area contributed by atoms with E-state index in [1.807, 2.05) is 45.0 Å². The number of aryl methyl sites for hydroxylation is 2. The van der Waals surface area contributed by atoms with Crippen LogP contribution in [0.5, 0.6) is 11.8 Å². The summed E-state index contributed by atoms with van der Waals surface area (Å²) < 4.78 is 17.3. The lowest BCUT2D eigenvalue weighted by molar-refractivity contribution is -0.160. The highest BCUT2D eigenvalue weighted by molar-refractivity contribution is 5.95. The maximum absolute atomic E-state index is 12.8. The van der Waals surface area contributed by atoms with Crippen LogP contribution in [0.3, 0.4) is 0 Å². The third-order valence-electron chi connectivity index (χ3n) is 8.24. The van der Waals surface area contributed by atoms with E-state index in [-0.39, 0.29) is 0 Å². The van der Waals surface area contributed by atoms with Crippen molar-refractivity contribution >= 4 is 17.6 Å². The van der Waals surface area contributed by atoms with Crippen molar-refractivity contribution in [2.45, 2.75) is 65.2 Å². The molecule has 6 rings (SSSR count). The summed E-state index contributed by atoms with van der Waals surface area (Å²) in [6.45, 7) is 9.48. The van der Waals surface area contributed by atoms with Crippen LogP contribution in [0.2, 0.25) is 0 Å². The molecule has 4 aromatic rings. The Morgan fingerprint density at radius 2 is 1.78 bits per heavy atom. The van der Waals surface area contributed by atoms with E-state index >= 15 is 0 Å². The van der Waals surface area contributed by atoms with Gasteiger partial charge in [0.05, 0.1) is 19.3 Å². The predicted octanol–water partition coefficient (Wildman–Crippen LogP) is 5.93. The highest BCUT2D eigenvalue weighted by atomic mass is 16.5. The fraction of sp³-hybridized carbons (Fsp3) is 0.371. The number of nitrogens with zero attached hydrogens (tertiary/aromatic N) is 4. The lowest BCUT2D eigenvalue weighted by atomic mass is 9.85. The van der Waals surface area contributed by atoms with Gasteiger partial charge in [-0.2, -0.15) is 4.98 Å². The summed E-state index contributed by atoms with van der Waals surface area (Å²) in [6, 6.07) is 14.6. The van der Waals surface area contributed by atoms with Crippen molar-refractivity contribution in [3.05, 3.63) is 76.6 Å². The predicted molar refractivity (Wildman–Crippen MR) is 173 cm³/mol. The zero-order valence-corrected chi connectivity index (χ0v) is 26.4. The largest absolute Gasteiger partial charge is 0.493 e. The van der Waals surface area contributed by atoms with Crippen molar-refractivity contribution in [3.63, 3.8) is 0 Å². The molecule has 2 aliphatic rings. The Bertz CT molecular complexity index is 1770. The number of carbonyl (C=O) groups is 1. The number of ether oxygens (including phenoxy) is 3. The van der Waals surface area contributed by atoms with Gasteiger partial charge in [-0.05, 0) is 93.0 Å². The number of hydrogen-bond acceptors (Lipinski definition) is 9. The van der Waals surface area contributed by atoms with Gasteiger partial charge in [0.1, 0.15) is 17.4 Å². The van der Waals surface area contributed by atoms with Crippen molar-refractivity contribution in [1.29, 1.82) is 0 Å². The molecule has 45 heavy (non-hydrogen) atoms. The molecule has 3 N–H and O–H groups in total. The summed E-state index contributed by atoms with van der Waals surface area (Å²) >= 11 is 0. The van der Waals surface area contributed by atoms with Crippen LogP contribution in [-0.4, -0.2) is 51.9 Å². The average molecular weight is 610 g/mol. The van der Waals surface area contributed by atoms with Crippen LogP contribution in [0.1, 0.15) is 61.2 Å². The quantitative estimate of drug-likeness (QED) is 0.260. The number of nitrogen functional groups attached to an aromatic ring is 1. The summed E-state index contributed by atoms with van der Waals surface area (Å²) in [5, 5.41) is 10.5. The van der Waals surface area contributed by atoms with E-state index in [4.69, 9.17) is 24.9 Å². The number of pyridine rings is 1. The topological polar surface area (TPSA) is 133 Å². The minimum absolute atomic E-state index is 0.336. The smallest absolute Gasteiger partial charge is 0.337 e. The van der Waals surface area contributed by atoms with Crippen molar-refractivity contribution in [1.82, 2.24) is 15.0 Å². The van der Waals surface area contributed by atoms with E-state index in [9.17, 15) is 9.90 Å². The Morgan fingerprint density at radius 1 is 1.02 bits per heavy atom. The minimum Gasteiger partial charge on any atom is -0.493 e. The molecule has 10 nitrogen and oxygen atoms in total. The number of methoxy groups -OCH3 is 1. The highest BCUT2D eigenvalue weighted by Gasteiger charge is 2.34. The Hall–Kier alpha value is -4.70. The molecule has 4 heterocycles. The highest BCUT2D eigenvalue weighted by Crippen LogP contribution is 2.45. The fourth-order valence-electron chi connectivity index (χ4n) is 6.27. The van der Waals surface area contributed by atoms with Crippen LogP contribution >= 0.6 is 0 Å². The second-order valence-electron chi connectivity index (χ2n) is 12.5. The zero-order chi connectivity index (χ0) is 31.9. The SMILES string of the molecule is COc1nccc(N2CCc3cc(-c4c(N)nc(C)c([C@H](OC(C)(C)C)C(=O)O)c4-c4ccc5c(c4)CCCO5)ccc3C2)n1. The zero-order valence-electron chi connectivity index (χ0n) is 26.4. The van der Waals surface area contributed by atoms with E-state index in [2.05, 4.69) is 33.1 Å². The van der Waals surface area contributed by atoms with Crippen molar-refractivity contribution in [3.8, 4) is 34.0 Å². The second-order valence-corrected chi connectivity index (χ2v) is 12.5. The molecule has 2 aromatic heterocycles. The number of carboxylic acid groups (broad SMARTS) is 1. The van der Waals surface area contributed by atoms with Crippen LogP contribution in [-0.2, 0) is 28.9 Å². The van der Waals surface area contributed by atoms with Crippen LogP contribution in [0, 0.1) is 6.92 Å². The lowest BCUT2D eigenvalue weighted by Gasteiger charge is -2.31. The second kappa shape index (κ2) is 12.0. The Morgan fingerprint density at radius 3 is 2.53 bits per heavy atom. The van der Waals surface area contributed by atoms with Gasteiger partial charge in [0, 0.05) is 41.7 Å². The number of anilines is 2. The molecule has 0 saturated carbocycles. The van der Waals surface area contributed by atoms with Crippen LogP contribution in [0.15, 0.2) is 48.7 Å². The molecule has 0 aliphatic carbocycles. The van der Waals surface area contributed by atoms with Crippen molar-refractivity contribution < 1.29 is 24.1 Å². The van der Waals surface area contributed by atoms with Gasteiger partial charge in [0.25, 0.3) is 0 Å². The molecular formula is C35H39N5O5. The molecular weight excluding hydrogens is 570 g/mol. The van der Waals surface area contributed by atoms with E-state index in [1.165, 1.54) is 11.1 Å². The Labute approximate surface area is 263 Å². The molecule has 234 valence electrons. The number of hydrogen-bond donors (Lipinski definition) is 2. The molecule has 2 aliphatic heterocycles. The number of aliphatic carboxylic acids is 1. The average Bonchev–Trinajstić information content (AvgIpc) is 3.02. The standard InChI is InChI=1S/C35H39N5O5/c1-20-28(31(33(41)42)45-35(2,3)4)29(23-10-11-26-22(18-23)7-6-16-44-26)30(32(36)38-20)24-8-9-25-19-40(15-13-21(25)17-24)27-12-14-37-34(39-27)43-5/h8-12,14,17-18,31H,6-7,13,15-16,19H2,1-5H3,(H2,36,38)(H,41,42)/t31-/m0/s1. The number of carboxylic acids is 1. The molecule has 1 atom stereocenters. The summed E-state index contributed by atoms with van der Waals surface area (Å²) in [5.41, 5.74) is 13.6. The van der Waals surface area contributed by atoms with Gasteiger partial charge in [-0.15, -0.1) is 0 Å². The van der Waals surface area contributed by atoms with Gasteiger partial charge in [-0.1, -0.05) is 24.3 Å². The summed E-state index contributed by atoms with van der Waals surface area (Å²) in [7, 11) is 1.56. The molecule has 0 saturated heterocycles. The third kappa shape index (κ3) is 6.15. The van der Waals surface area contributed by atoms with Crippen LogP contribution in [0.4, 0.5) is 11.6 Å². The maximum Gasteiger partial charge on any atom is 0.337 e. The normalized spacial score (nSPS) is 15.1. The molecule has 0 radical (unpaired) electrons. The van der Waals surface area contributed by atoms with Gasteiger partial charge < -0.3 is 30.0 Å². The molecule has 0 fully saturated rings. The summed E-state index contributed by atoms with van der Waals surface area (Å²) in [4.78, 5) is 28.4. The number of fused-ring (bicyclic) bond motifs is 2. The van der Waals surface area contributed by atoms with Gasteiger partial charge in [0.2, 0.25) is 0 Å². The molecule has 0 amide bonds. The number of aromatic nitrogens is 3. The van der Waals surface area contributed by atoms with Crippen LogP contribution < -0.4 is 20.1 Å². The number of rotatable bonds is 7. The number of nitrogens with two attached hydrogens (primary N) is 1.